The molecule has 0 atom stereocenters. The average Bonchev–Trinajstić information content (AvgIpc) is 2.26. The Morgan fingerprint density at radius 3 is 2.56 bits per heavy atom. The Labute approximate surface area is 107 Å². The lowest BCUT2D eigenvalue weighted by Crippen LogP contribution is -2.38. The van der Waals surface area contributed by atoms with Gasteiger partial charge < -0.3 is 5.32 Å². The Bertz CT molecular complexity index is 527. The number of anilines is 2. The highest BCUT2D eigenvalue weighted by Gasteiger charge is 2.30. The molecule has 0 saturated carbocycles. The van der Waals surface area contributed by atoms with Crippen LogP contribution in [0.2, 0.25) is 0 Å². The molecule has 0 fully saturated rings. The molecule has 0 aliphatic rings. The van der Waals surface area contributed by atoms with E-state index >= 15 is 0 Å². The van der Waals surface area contributed by atoms with Gasteiger partial charge in [0.1, 0.15) is 5.82 Å². The van der Waals surface area contributed by atoms with E-state index in [2.05, 4.69) is 20.7 Å². The van der Waals surface area contributed by atoms with Crippen molar-refractivity contribution in [1.82, 2.24) is 9.97 Å². The third-order valence-electron chi connectivity index (χ3n) is 2.79. The minimum Gasteiger partial charge on any atom is -0.368 e. The van der Waals surface area contributed by atoms with Crippen molar-refractivity contribution in [3.05, 3.63) is 11.8 Å². The van der Waals surface area contributed by atoms with E-state index < -0.39 is 14.6 Å². The first-order valence-corrected chi connectivity index (χ1v) is 7.30. The lowest BCUT2D eigenvalue weighted by Gasteiger charge is -2.23. The van der Waals surface area contributed by atoms with Gasteiger partial charge in [0.05, 0.1) is 4.75 Å². The van der Waals surface area contributed by atoms with E-state index in [1.54, 1.807) is 20.0 Å². The summed E-state index contributed by atoms with van der Waals surface area (Å²) in [4.78, 5) is 8.07. The van der Waals surface area contributed by atoms with E-state index in [4.69, 9.17) is 5.84 Å². The second-order valence-electron chi connectivity index (χ2n) is 4.75. The zero-order chi connectivity index (χ0) is 14.0. The molecule has 0 aliphatic heterocycles. The molecule has 0 saturated heterocycles. The molecular formula is C10H19N5O2S. The molecule has 1 aromatic heterocycles. The average molecular weight is 273 g/mol. The molecule has 0 unspecified atom stereocenters. The highest BCUT2D eigenvalue weighted by atomic mass is 32.2. The van der Waals surface area contributed by atoms with Gasteiger partial charge >= 0.3 is 0 Å². The molecule has 0 spiro atoms. The number of rotatable bonds is 5. The van der Waals surface area contributed by atoms with Crippen molar-refractivity contribution in [2.24, 2.45) is 5.84 Å². The second-order valence-corrected chi connectivity index (χ2v) is 7.40. The standard InChI is InChI=1S/C10H19N5O2S/c1-7-5-12-9(15-11)14-8(7)13-6-10(2,3)18(4,16)17/h5H,6,11H2,1-4H3,(H2,12,13,14,15). The molecule has 0 aliphatic carbocycles. The zero-order valence-corrected chi connectivity index (χ0v) is 11.8. The number of aryl methyl sites for hydroxylation is 1. The van der Waals surface area contributed by atoms with Crippen molar-refractivity contribution >= 4 is 21.6 Å². The van der Waals surface area contributed by atoms with Gasteiger partial charge in [-0.25, -0.2) is 19.2 Å². The predicted molar refractivity (Wildman–Crippen MR) is 72.0 cm³/mol. The van der Waals surface area contributed by atoms with Crippen LogP contribution in [0.3, 0.4) is 0 Å². The lowest BCUT2D eigenvalue weighted by molar-refractivity contribution is 0.559. The number of hydrazine groups is 1. The Morgan fingerprint density at radius 1 is 1.44 bits per heavy atom. The van der Waals surface area contributed by atoms with Gasteiger partial charge in [-0.1, -0.05) is 0 Å². The van der Waals surface area contributed by atoms with Crippen LogP contribution in [0.15, 0.2) is 6.20 Å². The van der Waals surface area contributed by atoms with Crippen LogP contribution in [0, 0.1) is 6.92 Å². The van der Waals surface area contributed by atoms with E-state index in [0.29, 0.717) is 5.82 Å². The molecule has 18 heavy (non-hydrogen) atoms. The van der Waals surface area contributed by atoms with Crippen molar-refractivity contribution in [3.63, 3.8) is 0 Å². The van der Waals surface area contributed by atoms with Gasteiger partial charge in [-0.05, 0) is 20.8 Å². The fourth-order valence-electron chi connectivity index (χ4n) is 1.12. The number of nitrogens with one attached hydrogen (secondary N) is 2. The minimum atomic E-state index is -3.15. The van der Waals surface area contributed by atoms with E-state index in [0.717, 1.165) is 5.56 Å². The highest BCUT2D eigenvalue weighted by Crippen LogP contribution is 2.18. The summed E-state index contributed by atoms with van der Waals surface area (Å²) in [5.74, 6) is 6.06. The fourth-order valence-corrected chi connectivity index (χ4v) is 1.45. The van der Waals surface area contributed by atoms with E-state index in [1.807, 2.05) is 6.92 Å². The Balaban J connectivity index is 2.87. The Morgan fingerprint density at radius 2 is 2.06 bits per heavy atom. The maximum atomic E-state index is 11.6. The van der Waals surface area contributed by atoms with Crippen molar-refractivity contribution in [2.45, 2.75) is 25.5 Å². The zero-order valence-electron chi connectivity index (χ0n) is 11.0. The molecule has 0 bridgehead atoms. The van der Waals surface area contributed by atoms with E-state index in [9.17, 15) is 8.42 Å². The van der Waals surface area contributed by atoms with Crippen LogP contribution in [0.5, 0.6) is 0 Å². The third-order valence-corrected chi connectivity index (χ3v) is 4.94. The molecule has 0 aromatic carbocycles. The Hall–Kier alpha value is -1.41. The van der Waals surface area contributed by atoms with Crippen LogP contribution in [0.25, 0.3) is 0 Å². The number of hydrogen-bond donors (Lipinski definition) is 3. The van der Waals surface area contributed by atoms with Gasteiger partial charge in [0.2, 0.25) is 5.95 Å². The largest absolute Gasteiger partial charge is 0.368 e. The van der Waals surface area contributed by atoms with Crippen LogP contribution in [-0.4, -0.2) is 35.9 Å². The van der Waals surface area contributed by atoms with Crippen LogP contribution < -0.4 is 16.6 Å². The van der Waals surface area contributed by atoms with Gasteiger partial charge in [-0.2, -0.15) is 4.98 Å². The molecule has 4 N–H and O–H groups in total. The topological polar surface area (TPSA) is 110 Å². The molecule has 0 radical (unpaired) electrons. The smallest absolute Gasteiger partial charge is 0.239 e. The lowest BCUT2D eigenvalue weighted by atomic mass is 10.2. The summed E-state index contributed by atoms with van der Waals surface area (Å²) in [6.07, 6.45) is 2.83. The second kappa shape index (κ2) is 5.07. The first-order chi connectivity index (χ1) is 8.17. The normalized spacial score (nSPS) is 12.3. The van der Waals surface area contributed by atoms with Crippen molar-refractivity contribution in [3.8, 4) is 0 Å². The maximum absolute atomic E-state index is 11.6. The predicted octanol–water partition coefficient (Wildman–Crippen LogP) is 0.306. The molecule has 1 rings (SSSR count). The summed E-state index contributed by atoms with van der Waals surface area (Å²) in [7, 11) is -3.15. The first-order valence-electron chi connectivity index (χ1n) is 5.41. The number of sulfone groups is 1. The summed E-state index contributed by atoms with van der Waals surface area (Å²) < 4.78 is 22.3. The molecule has 0 amide bonds. The summed E-state index contributed by atoms with van der Waals surface area (Å²) >= 11 is 0. The fraction of sp³-hybridized carbons (Fsp3) is 0.600. The molecule has 7 nitrogen and oxygen atoms in total. The van der Waals surface area contributed by atoms with Gasteiger partial charge in [0, 0.05) is 24.6 Å². The minimum absolute atomic E-state index is 0.258. The van der Waals surface area contributed by atoms with Crippen molar-refractivity contribution in [1.29, 1.82) is 0 Å². The summed E-state index contributed by atoms with van der Waals surface area (Å²) in [6.45, 7) is 5.41. The van der Waals surface area contributed by atoms with E-state index in [-0.39, 0.29) is 12.5 Å². The molecular weight excluding hydrogens is 254 g/mol. The van der Waals surface area contributed by atoms with Gasteiger partial charge in [0.25, 0.3) is 0 Å². The number of aromatic nitrogens is 2. The monoisotopic (exact) mass is 273 g/mol. The molecule has 1 aromatic rings. The van der Waals surface area contributed by atoms with Crippen LogP contribution >= 0.6 is 0 Å². The van der Waals surface area contributed by atoms with E-state index in [1.165, 1.54) is 6.26 Å². The van der Waals surface area contributed by atoms with Crippen molar-refractivity contribution < 1.29 is 8.42 Å². The van der Waals surface area contributed by atoms with Crippen LogP contribution in [0.1, 0.15) is 19.4 Å². The molecule has 102 valence electrons. The first kappa shape index (κ1) is 14.7. The number of nitrogen functional groups attached to an aromatic ring is 1. The number of nitrogens with two attached hydrogens (primary N) is 1. The summed E-state index contributed by atoms with van der Waals surface area (Å²) in [5.41, 5.74) is 3.16. The SMILES string of the molecule is Cc1cnc(NN)nc1NCC(C)(C)S(C)(=O)=O. The maximum Gasteiger partial charge on any atom is 0.239 e. The Kier molecular flexibility index (Phi) is 4.12. The summed E-state index contributed by atoms with van der Waals surface area (Å²) in [5, 5.41) is 3.01. The van der Waals surface area contributed by atoms with Gasteiger partial charge in [-0.15, -0.1) is 0 Å². The van der Waals surface area contributed by atoms with Crippen LogP contribution in [-0.2, 0) is 9.84 Å². The number of hydrogen-bond acceptors (Lipinski definition) is 7. The molecule has 8 heteroatoms. The van der Waals surface area contributed by atoms with Gasteiger partial charge in [-0.3, -0.25) is 5.43 Å². The number of nitrogens with zero attached hydrogens (tertiary/aromatic N) is 2. The third kappa shape index (κ3) is 3.30. The summed E-state index contributed by atoms with van der Waals surface area (Å²) in [6, 6.07) is 0. The quantitative estimate of drug-likeness (QED) is 0.523. The van der Waals surface area contributed by atoms with Crippen molar-refractivity contribution in [2.75, 3.05) is 23.5 Å². The van der Waals surface area contributed by atoms with Crippen LogP contribution in [0.4, 0.5) is 11.8 Å². The van der Waals surface area contributed by atoms with Gasteiger partial charge in [0.15, 0.2) is 9.84 Å². The highest BCUT2D eigenvalue weighted by molar-refractivity contribution is 7.92. The molecule has 1 heterocycles.